The highest BCUT2D eigenvalue weighted by atomic mass is 32.1. The third-order valence-electron chi connectivity index (χ3n) is 5.24. The van der Waals surface area contributed by atoms with Gasteiger partial charge in [-0.25, -0.2) is 4.98 Å². The van der Waals surface area contributed by atoms with Crippen LogP contribution in [0.5, 0.6) is 5.75 Å². The van der Waals surface area contributed by atoms with Crippen molar-refractivity contribution in [3.63, 3.8) is 0 Å². The van der Waals surface area contributed by atoms with E-state index in [2.05, 4.69) is 10.3 Å². The lowest BCUT2D eigenvalue weighted by Crippen LogP contribution is -2.54. The van der Waals surface area contributed by atoms with Gasteiger partial charge in [-0.05, 0) is 44.9 Å². The standard InChI is InChI=1S/C21H24N2O4S2/c1-13-19(20(25)23-21(12-24)5-7-26-8-6-21)17-9-15(3-4-18(17)28-13)27-11-16-10-22-14(2)29-16/h3-4,9-10,24H,5-8,11-12H2,1-2H3,(H,23,25). The van der Waals surface area contributed by atoms with Crippen LogP contribution in [-0.4, -0.2) is 41.4 Å². The summed E-state index contributed by atoms with van der Waals surface area (Å²) in [4.78, 5) is 19.4. The monoisotopic (exact) mass is 432 g/mol. The number of rotatable bonds is 6. The zero-order valence-corrected chi connectivity index (χ0v) is 18.1. The Kier molecular flexibility index (Phi) is 5.87. The van der Waals surface area contributed by atoms with E-state index in [1.807, 2.05) is 38.2 Å². The van der Waals surface area contributed by atoms with E-state index >= 15 is 0 Å². The number of aromatic nitrogens is 1. The molecule has 1 aromatic carbocycles. The van der Waals surface area contributed by atoms with Gasteiger partial charge in [-0.2, -0.15) is 0 Å². The van der Waals surface area contributed by atoms with Crippen molar-refractivity contribution in [3.8, 4) is 5.75 Å². The molecule has 0 bridgehead atoms. The van der Waals surface area contributed by atoms with Crippen LogP contribution in [0.25, 0.3) is 10.1 Å². The number of fused-ring (bicyclic) bond motifs is 1. The van der Waals surface area contributed by atoms with Crippen molar-refractivity contribution in [2.24, 2.45) is 0 Å². The minimum absolute atomic E-state index is 0.0914. The van der Waals surface area contributed by atoms with E-state index in [1.54, 1.807) is 22.7 Å². The Bertz CT molecular complexity index is 1020. The summed E-state index contributed by atoms with van der Waals surface area (Å²) in [6.07, 6.45) is 3.05. The fraction of sp³-hybridized carbons (Fsp3) is 0.429. The van der Waals surface area contributed by atoms with E-state index < -0.39 is 5.54 Å². The van der Waals surface area contributed by atoms with Crippen LogP contribution >= 0.6 is 22.7 Å². The van der Waals surface area contributed by atoms with Crippen LogP contribution in [0, 0.1) is 13.8 Å². The van der Waals surface area contributed by atoms with E-state index in [-0.39, 0.29) is 12.5 Å². The van der Waals surface area contributed by atoms with Crippen LogP contribution in [0.4, 0.5) is 0 Å². The Morgan fingerprint density at radius 2 is 2.10 bits per heavy atom. The summed E-state index contributed by atoms with van der Waals surface area (Å²) in [5, 5.41) is 14.9. The second kappa shape index (κ2) is 8.39. The molecule has 0 atom stereocenters. The first-order valence-corrected chi connectivity index (χ1v) is 11.2. The smallest absolute Gasteiger partial charge is 0.253 e. The molecule has 29 heavy (non-hydrogen) atoms. The Balaban J connectivity index is 1.58. The quantitative estimate of drug-likeness (QED) is 0.619. The van der Waals surface area contributed by atoms with Crippen molar-refractivity contribution in [3.05, 3.63) is 44.7 Å². The molecule has 3 aromatic rings. The van der Waals surface area contributed by atoms with Crippen LogP contribution in [0.1, 0.15) is 38.0 Å². The molecule has 154 valence electrons. The summed E-state index contributed by atoms with van der Waals surface area (Å²) >= 11 is 3.20. The fourth-order valence-electron chi connectivity index (χ4n) is 3.59. The molecular weight excluding hydrogens is 408 g/mol. The van der Waals surface area contributed by atoms with Crippen LogP contribution in [0.15, 0.2) is 24.4 Å². The number of amides is 1. The molecule has 1 fully saturated rings. The Morgan fingerprint density at radius 3 is 2.79 bits per heavy atom. The van der Waals surface area contributed by atoms with Gasteiger partial charge in [-0.3, -0.25) is 4.79 Å². The van der Waals surface area contributed by atoms with Crippen LogP contribution in [0.2, 0.25) is 0 Å². The highest BCUT2D eigenvalue weighted by molar-refractivity contribution is 7.19. The number of nitrogens with zero attached hydrogens (tertiary/aromatic N) is 1. The average Bonchev–Trinajstić information content (AvgIpc) is 3.28. The highest BCUT2D eigenvalue weighted by Gasteiger charge is 2.34. The molecule has 2 N–H and O–H groups in total. The number of aryl methyl sites for hydroxylation is 2. The SMILES string of the molecule is Cc1ncc(COc2ccc3sc(C)c(C(=O)NC4(CO)CCOCC4)c3c2)s1. The van der Waals surface area contributed by atoms with Gasteiger partial charge in [-0.15, -0.1) is 22.7 Å². The molecule has 0 unspecified atom stereocenters. The van der Waals surface area contributed by atoms with Crippen LogP contribution in [-0.2, 0) is 11.3 Å². The Labute approximate surface area is 177 Å². The van der Waals surface area contributed by atoms with E-state index in [0.717, 1.165) is 30.6 Å². The molecule has 1 saturated heterocycles. The molecule has 1 aliphatic rings. The van der Waals surface area contributed by atoms with Gasteiger partial charge in [0.2, 0.25) is 0 Å². The van der Waals surface area contributed by atoms with Gasteiger partial charge in [-0.1, -0.05) is 0 Å². The number of hydrogen-bond donors (Lipinski definition) is 2. The molecule has 8 heteroatoms. The molecule has 4 rings (SSSR count). The molecule has 0 radical (unpaired) electrons. The molecular formula is C21H24N2O4S2. The Hall–Kier alpha value is -2.00. The molecule has 0 spiro atoms. The molecule has 6 nitrogen and oxygen atoms in total. The molecule has 0 saturated carbocycles. The number of thiophene rings is 1. The maximum Gasteiger partial charge on any atom is 0.253 e. The normalized spacial score (nSPS) is 16.1. The largest absolute Gasteiger partial charge is 0.488 e. The van der Waals surface area contributed by atoms with Crippen molar-refractivity contribution in [2.45, 2.75) is 38.8 Å². The molecule has 1 aliphatic heterocycles. The summed E-state index contributed by atoms with van der Waals surface area (Å²) in [6, 6.07) is 5.85. The second-order valence-electron chi connectivity index (χ2n) is 7.33. The van der Waals surface area contributed by atoms with Gasteiger partial charge < -0.3 is 19.9 Å². The van der Waals surface area contributed by atoms with Gasteiger partial charge in [0.15, 0.2) is 0 Å². The topological polar surface area (TPSA) is 80.7 Å². The van der Waals surface area contributed by atoms with Gasteiger partial charge in [0, 0.05) is 34.4 Å². The third-order valence-corrected chi connectivity index (χ3v) is 7.22. The fourth-order valence-corrected chi connectivity index (χ4v) is 5.34. The second-order valence-corrected chi connectivity index (χ2v) is 9.91. The predicted molar refractivity (Wildman–Crippen MR) is 115 cm³/mol. The Morgan fingerprint density at radius 1 is 1.31 bits per heavy atom. The summed E-state index contributed by atoms with van der Waals surface area (Å²) < 4.78 is 12.4. The number of aliphatic hydroxyl groups is 1. The van der Waals surface area contributed by atoms with Gasteiger partial charge in [0.25, 0.3) is 5.91 Å². The lowest BCUT2D eigenvalue weighted by atomic mass is 9.90. The molecule has 1 amide bonds. The molecule has 0 aliphatic carbocycles. The number of ether oxygens (including phenoxy) is 2. The first kappa shape index (κ1) is 20.3. The maximum atomic E-state index is 13.2. The van der Waals surface area contributed by atoms with Gasteiger partial charge in [0.1, 0.15) is 12.4 Å². The highest BCUT2D eigenvalue weighted by Crippen LogP contribution is 2.34. The van der Waals surface area contributed by atoms with E-state index in [1.165, 1.54) is 0 Å². The number of thiazole rings is 1. The van der Waals surface area contributed by atoms with E-state index in [0.29, 0.717) is 38.2 Å². The van der Waals surface area contributed by atoms with Crippen LogP contribution < -0.4 is 10.1 Å². The van der Waals surface area contributed by atoms with Crippen molar-refractivity contribution >= 4 is 38.7 Å². The van der Waals surface area contributed by atoms with Crippen molar-refractivity contribution < 1.29 is 19.4 Å². The van der Waals surface area contributed by atoms with Crippen LogP contribution in [0.3, 0.4) is 0 Å². The van der Waals surface area contributed by atoms with Crippen molar-refractivity contribution in [1.29, 1.82) is 0 Å². The lowest BCUT2D eigenvalue weighted by molar-refractivity contribution is 0.0126. The van der Waals surface area contributed by atoms with E-state index in [4.69, 9.17) is 9.47 Å². The van der Waals surface area contributed by atoms with Crippen molar-refractivity contribution in [1.82, 2.24) is 10.3 Å². The maximum absolute atomic E-state index is 13.2. The summed E-state index contributed by atoms with van der Waals surface area (Å²) in [6.45, 7) is 5.37. The van der Waals surface area contributed by atoms with Gasteiger partial charge in [0.05, 0.1) is 27.6 Å². The first-order valence-electron chi connectivity index (χ1n) is 9.58. The molecule has 2 aromatic heterocycles. The molecule has 3 heterocycles. The lowest BCUT2D eigenvalue weighted by Gasteiger charge is -2.36. The zero-order valence-electron chi connectivity index (χ0n) is 16.5. The number of benzene rings is 1. The number of nitrogens with one attached hydrogen (secondary N) is 1. The minimum Gasteiger partial charge on any atom is -0.488 e. The number of hydrogen-bond acceptors (Lipinski definition) is 7. The average molecular weight is 433 g/mol. The zero-order chi connectivity index (χ0) is 20.4. The van der Waals surface area contributed by atoms with Gasteiger partial charge >= 0.3 is 0 Å². The number of carbonyl (C=O) groups excluding carboxylic acids is 1. The minimum atomic E-state index is -0.617. The van der Waals surface area contributed by atoms with E-state index in [9.17, 15) is 9.90 Å². The third kappa shape index (κ3) is 4.30. The summed E-state index contributed by atoms with van der Waals surface area (Å²) in [5.74, 6) is 0.568. The summed E-state index contributed by atoms with van der Waals surface area (Å²) in [5.41, 5.74) is 0.0390. The predicted octanol–water partition coefficient (Wildman–Crippen LogP) is 3.82. The summed E-state index contributed by atoms with van der Waals surface area (Å²) in [7, 11) is 0. The van der Waals surface area contributed by atoms with Crippen molar-refractivity contribution in [2.75, 3.05) is 19.8 Å². The number of aliphatic hydroxyl groups excluding tert-OH is 1. The first-order chi connectivity index (χ1) is 14.0. The number of carbonyl (C=O) groups is 1.